The molecule has 24 heavy (non-hydrogen) atoms. The van der Waals surface area contributed by atoms with E-state index in [0.29, 0.717) is 16.3 Å². The van der Waals surface area contributed by atoms with Crippen LogP contribution in [0.5, 0.6) is 5.75 Å². The summed E-state index contributed by atoms with van der Waals surface area (Å²) in [5.74, 6) is -0.691. The molecule has 0 spiro atoms. The number of ether oxygens (including phenoxy) is 2. The Balaban J connectivity index is 3.43. The Morgan fingerprint density at radius 3 is 2.25 bits per heavy atom. The lowest BCUT2D eigenvalue weighted by Crippen LogP contribution is -2.26. The van der Waals surface area contributed by atoms with E-state index < -0.39 is 23.1 Å². The molecule has 1 aromatic rings. The van der Waals surface area contributed by atoms with Gasteiger partial charge in [0, 0.05) is 5.56 Å². The van der Waals surface area contributed by atoms with Crippen LogP contribution in [0.25, 0.3) is 0 Å². The van der Waals surface area contributed by atoms with Crippen molar-refractivity contribution in [3.63, 3.8) is 0 Å². The Hall–Kier alpha value is -2.02. The molecule has 2 N–H and O–H groups in total. The topological polar surface area (TPSA) is 84.9 Å². The maximum absolute atomic E-state index is 11.9. The van der Waals surface area contributed by atoms with Gasteiger partial charge in [-0.1, -0.05) is 33.4 Å². The normalized spacial score (nSPS) is 11.8. The number of rotatable bonds is 5. The number of hydrogen-bond acceptors (Lipinski definition) is 5. The van der Waals surface area contributed by atoms with Gasteiger partial charge in [-0.3, -0.25) is 5.32 Å². The first kappa shape index (κ1) is 20.0. The molecular formula is C17H25NO5S. The summed E-state index contributed by atoms with van der Waals surface area (Å²) < 4.78 is 10.9. The quantitative estimate of drug-likeness (QED) is 0.751. The third-order valence-corrected chi connectivity index (χ3v) is 3.84. The molecule has 0 saturated heterocycles. The first-order valence-corrected chi connectivity index (χ1v) is 8.32. The van der Waals surface area contributed by atoms with E-state index in [1.807, 2.05) is 41.5 Å². The molecule has 134 valence electrons. The molecule has 0 aliphatic heterocycles. The van der Waals surface area contributed by atoms with Crippen LogP contribution in [0.15, 0.2) is 12.7 Å². The Kier molecular flexibility index (Phi) is 6.05. The highest BCUT2D eigenvalue weighted by molar-refractivity contribution is 7.18. The molecule has 7 heteroatoms. The Labute approximate surface area is 146 Å². The van der Waals surface area contributed by atoms with Crippen molar-refractivity contribution < 1.29 is 24.2 Å². The van der Waals surface area contributed by atoms with Crippen molar-refractivity contribution in [2.24, 2.45) is 0 Å². The van der Waals surface area contributed by atoms with Crippen LogP contribution < -0.4 is 10.1 Å². The molecule has 0 aliphatic rings. The van der Waals surface area contributed by atoms with Gasteiger partial charge in [0.15, 0.2) is 5.75 Å². The fraction of sp³-hybridized carbons (Fsp3) is 0.529. The SMILES string of the molecule is C=CCOC(=O)Nc1sc(C(=O)O)c(C(C)(C)C)c1OC(C)(C)C. The number of carbonyl (C=O) groups excluding carboxylic acids is 1. The zero-order valence-corrected chi connectivity index (χ0v) is 15.8. The summed E-state index contributed by atoms with van der Waals surface area (Å²) in [6.07, 6.45) is 0.761. The summed E-state index contributed by atoms with van der Waals surface area (Å²) in [5.41, 5.74) is -0.484. The number of amides is 1. The number of carboxylic acid groups (broad SMARTS) is 1. The molecule has 6 nitrogen and oxygen atoms in total. The van der Waals surface area contributed by atoms with Crippen LogP contribution in [0.1, 0.15) is 56.8 Å². The third kappa shape index (κ3) is 5.26. The van der Waals surface area contributed by atoms with E-state index in [9.17, 15) is 14.7 Å². The van der Waals surface area contributed by atoms with Crippen molar-refractivity contribution in [3.05, 3.63) is 23.1 Å². The lowest BCUT2D eigenvalue weighted by atomic mass is 9.86. The summed E-state index contributed by atoms with van der Waals surface area (Å²) in [6, 6.07) is 0. The highest BCUT2D eigenvalue weighted by Gasteiger charge is 2.34. The largest absolute Gasteiger partial charge is 0.485 e. The average molecular weight is 355 g/mol. The van der Waals surface area contributed by atoms with E-state index >= 15 is 0 Å². The van der Waals surface area contributed by atoms with Crippen molar-refractivity contribution in [3.8, 4) is 5.75 Å². The molecule has 0 fully saturated rings. The van der Waals surface area contributed by atoms with Crippen molar-refractivity contribution in [1.29, 1.82) is 0 Å². The van der Waals surface area contributed by atoms with Crippen LogP contribution in [-0.4, -0.2) is 29.4 Å². The minimum absolute atomic E-state index is 0.0601. The molecule has 1 rings (SSSR count). The van der Waals surface area contributed by atoms with Crippen LogP contribution in [0.3, 0.4) is 0 Å². The molecule has 0 atom stereocenters. The number of aromatic carboxylic acids is 1. The number of carbonyl (C=O) groups is 2. The first-order chi connectivity index (χ1) is 10.9. The van der Waals surface area contributed by atoms with Crippen LogP contribution in [0.2, 0.25) is 0 Å². The van der Waals surface area contributed by atoms with Gasteiger partial charge in [-0.25, -0.2) is 9.59 Å². The molecule has 1 aromatic heterocycles. The van der Waals surface area contributed by atoms with Crippen LogP contribution in [0.4, 0.5) is 9.80 Å². The van der Waals surface area contributed by atoms with Gasteiger partial charge >= 0.3 is 12.1 Å². The van der Waals surface area contributed by atoms with Gasteiger partial charge in [0.1, 0.15) is 22.1 Å². The standard InChI is InChI=1S/C17H25NO5S/c1-8-9-22-15(21)18-13-11(23-17(5,6)7)10(16(2,3)4)12(24-13)14(19)20/h8H,1,9H2,2-7H3,(H,18,21)(H,19,20). The van der Waals surface area contributed by atoms with Gasteiger partial charge in [0.05, 0.1) is 0 Å². The van der Waals surface area contributed by atoms with Crippen molar-refractivity contribution in [2.45, 2.75) is 52.6 Å². The number of thiophene rings is 1. The molecular weight excluding hydrogens is 330 g/mol. The third-order valence-electron chi connectivity index (χ3n) is 2.76. The molecule has 0 aliphatic carbocycles. The Morgan fingerprint density at radius 2 is 1.83 bits per heavy atom. The van der Waals surface area contributed by atoms with Crippen molar-refractivity contribution in [2.75, 3.05) is 11.9 Å². The van der Waals surface area contributed by atoms with Crippen molar-refractivity contribution >= 4 is 28.4 Å². The lowest BCUT2D eigenvalue weighted by molar-refractivity contribution is 0.0697. The summed E-state index contributed by atoms with van der Waals surface area (Å²) in [5, 5.41) is 12.4. The molecule has 0 radical (unpaired) electrons. The minimum atomic E-state index is -1.06. The summed E-state index contributed by atoms with van der Waals surface area (Å²) in [6.45, 7) is 14.8. The maximum Gasteiger partial charge on any atom is 0.412 e. The van der Waals surface area contributed by atoms with Gasteiger partial charge in [-0.2, -0.15) is 0 Å². The second-order valence-electron chi connectivity index (χ2n) is 7.25. The van der Waals surface area contributed by atoms with E-state index in [4.69, 9.17) is 9.47 Å². The maximum atomic E-state index is 11.9. The van der Waals surface area contributed by atoms with Crippen LogP contribution in [0, 0.1) is 0 Å². The average Bonchev–Trinajstić information content (AvgIpc) is 2.73. The predicted molar refractivity (Wildman–Crippen MR) is 95.5 cm³/mol. The zero-order valence-electron chi connectivity index (χ0n) is 15.0. The summed E-state index contributed by atoms with van der Waals surface area (Å²) in [7, 11) is 0. The molecule has 1 amide bonds. The molecule has 0 unspecified atom stereocenters. The fourth-order valence-electron chi connectivity index (χ4n) is 2.00. The van der Waals surface area contributed by atoms with Crippen molar-refractivity contribution in [1.82, 2.24) is 0 Å². The summed E-state index contributed by atoms with van der Waals surface area (Å²) >= 11 is 0.961. The monoisotopic (exact) mass is 355 g/mol. The van der Waals surface area contributed by atoms with E-state index in [0.717, 1.165) is 11.3 Å². The van der Waals surface area contributed by atoms with Crippen LogP contribution in [-0.2, 0) is 10.2 Å². The molecule has 1 heterocycles. The van der Waals surface area contributed by atoms with Crippen LogP contribution >= 0.6 is 11.3 Å². The summed E-state index contributed by atoms with van der Waals surface area (Å²) in [4.78, 5) is 23.6. The first-order valence-electron chi connectivity index (χ1n) is 7.51. The van der Waals surface area contributed by atoms with Gasteiger partial charge in [0.2, 0.25) is 0 Å². The zero-order chi connectivity index (χ0) is 18.7. The molecule has 0 bridgehead atoms. The second-order valence-corrected chi connectivity index (χ2v) is 8.27. The number of nitrogens with one attached hydrogen (secondary N) is 1. The number of carboxylic acids is 1. The highest BCUT2D eigenvalue weighted by atomic mass is 32.1. The fourth-order valence-corrected chi connectivity index (χ4v) is 3.16. The molecule has 0 saturated carbocycles. The van der Waals surface area contributed by atoms with E-state index in [-0.39, 0.29) is 11.5 Å². The predicted octanol–water partition coefficient (Wildman–Crippen LogP) is 4.66. The van der Waals surface area contributed by atoms with E-state index in [1.54, 1.807) is 0 Å². The smallest absolute Gasteiger partial charge is 0.412 e. The van der Waals surface area contributed by atoms with Gasteiger partial charge in [0.25, 0.3) is 0 Å². The lowest BCUT2D eigenvalue weighted by Gasteiger charge is -2.27. The molecule has 0 aromatic carbocycles. The van der Waals surface area contributed by atoms with E-state index in [1.165, 1.54) is 6.08 Å². The van der Waals surface area contributed by atoms with Gasteiger partial charge in [-0.05, 0) is 26.2 Å². The number of hydrogen-bond donors (Lipinski definition) is 2. The number of anilines is 1. The van der Waals surface area contributed by atoms with E-state index in [2.05, 4.69) is 11.9 Å². The van der Waals surface area contributed by atoms with Gasteiger partial charge in [-0.15, -0.1) is 11.3 Å². The Bertz CT molecular complexity index is 635. The Morgan fingerprint density at radius 1 is 1.25 bits per heavy atom. The van der Waals surface area contributed by atoms with Gasteiger partial charge < -0.3 is 14.6 Å². The second kappa shape index (κ2) is 7.25. The highest BCUT2D eigenvalue weighted by Crippen LogP contribution is 2.47. The minimum Gasteiger partial charge on any atom is -0.485 e.